The minimum absolute atomic E-state index is 0.179. The normalized spacial score (nSPS) is 15.3. The predicted octanol–water partition coefficient (Wildman–Crippen LogP) is 2.71. The molecule has 2 N–H and O–H groups in total. The molecule has 3 aromatic rings. The summed E-state index contributed by atoms with van der Waals surface area (Å²) in [5.74, 6) is 1.37. The van der Waals surface area contributed by atoms with Crippen LogP contribution in [-0.2, 0) is 16.0 Å². The van der Waals surface area contributed by atoms with E-state index in [4.69, 9.17) is 9.47 Å². The summed E-state index contributed by atoms with van der Waals surface area (Å²) in [4.78, 5) is 8.37. The lowest BCUT2D eigenvalue weighted by Gasteiger charge is -2.31. The summed E-state index contributed by atoms with van der Waals surface area (Å²) in [6.07, 6.45) is 6.33. The van der Waals surface area contributed by atoms with E-state index in [1.54, 1.807) is 12.6 Å². The van der Waals surface area contributed by atoms with Crippen molar-refractivity contribution in [2.75, 3.05) is 18.7 Å². The summed E-state index contributed by atoms with van der Waals surface area (Å²) in [6, 6.07) is 10.4. The molecule has 1 unspecified atom stereocenters. The van der Waals surface area contributed by atoms with Gasteiger partial charge in [0, 0.05) is 36.6 Å². The molecule has 0 radical (unpaired) electrons. The zero-order valence-electron chi connectivity index (χ0n) is 16.1. The number of ether oxygens (including phenoxy) is 2. The number of rotatable bonds is 10. The van der Waals surface area contributed by atoms with Gasteiger partial charge in [0.05, 0.1) is 0 Å². The maximum absolute atomic E-state index is 5.55. The van der Waals surface area contributed by atoms with Crippen LogP contribution in [0.5, 0.6) is 0 Å². The Morgan fingerprint density at radius 2 is 2.17 bits per heavy atom. The van der Waals surface area contributed by atoms with Gasteiger partial charge in [0.15, 0.2) is 0 Å². The summed E-state index contributed by atoms with van der Waals surface area (Å²) in [7, 11) is 0. The number of hydrogen-bond donors (Lipinski definition) is 2. The van der Waals surface area contributed by atoms with Crippen LogP contribution in [0.2, 0.25) is 0 Å². The number of aromatic nitrogens is 5. The molecule has 0 fully saturated rings. The van der Waals surface area contributed by atoms with E-state index in [1.807, 2.05) is 6.07 Å². The lowest BCUT2D eigenvalue weighted by Crippen LogP contribution is -2.43. The van der Waals surface area contributed by atoms with Gasteiger partial charge in [-0.05, 0) is 18.9 Å². The van der Waals surface area contributed by atoms with Crippen molar-refractivity contribution in [2.45, 2.75) is 31.8 Å². The maximum Gasteiger partial charge on any atom is 0.265 e. The second kappa shape index (κ2) is 9.01. The summed E-state index contributed by atoms with van der Waals surface area (Å²) in [5.41, 5.74) is 1.06. The van der Waals surface area contributed by atoms with Gasteiger partial charge in [0.2, 0.25) is 11.9 Å². The molecule has 10 heteroatoms. The molecule has 0 aliphatic carbocycles. The predicted molar refractivity (Wildman–Crippen MR) is 109 cm³/mol. The van der Waals surface area contributed by atoms with E-state index < -0.39 is 0 Å². The van der Waals surface area contributed by atoms with E-state index in [1.165, 1.54) is 28.1 Å². The smallest absolute Gasteiger partial charge is 0.265 e. The Morgan fingerprint density at radius 1 is 1.28 bits per heavy atom. The van der Waals surface area contributed by atoms with Gasteiger partial charge in [0.1, 0.15) is 24.7 Å². The Labute approximate surface area is 173 Å². The second-order valence-corrected chi connectivity index (χ2v) is 7.76. The lowest BCUT2D eigenvalue weighted by atomic mass is 9.92. The fourth-order valence-corrected chi connectivity index (χ4v) is 3.62. The first kappa shape index (κ1) is 19.3. The zero-order chi connectivity index (χ0) is 19.9. The van der Waals surface area contributed by atoms with Crippen molar-refractivity contribution in [3.05, 3.63) is 60.6 Å². The molecular weight excluding hydrogens is 390 g/mol. The van der Waals surface area contributed by atoms with E-state index in [2.05, 4.69) is 61.3 Å². The Balaban J connectivity index is 1.35. The molecule has 1 aromatic carbocycles. The van der Waals surface area contributed by atoms with Crippen molar-refractivity contribution in [1.29, 1.82) is 0 Å². The third kappa shape index (κ3) is 5.30. The standard InChI is InChI=1S/C19H23N7O2S/c1-19(9-16-11-27-14-28-16,22-10-15-5-3-2-4-6-15)7-8-21-18-24-17(25-29-18)26-13-20-12-23-26/h2-6,11-13,22H,7-10,14H2,1H3,(H,21,24,25). The van der Waals surface area contributed by atoms with Gasteiger partial charge in [-0.15, -0.1) is 4.37 Å². The third-order valence-corrected chi connectivity index (χ3v) is 5.31. The number of benzene rings is 1. The molecule has 0 bridgehead atoms. The third-order valence-electron chi connectivity index (χ3n) is 4.65. The molecule has 1 aliphatic heterocycles. The Kier molecular flexibility index (Phi) is 6.01. The van der Waals surface area contributed by atoms with Crippen molar-refractivity contribution < 1.29 is 9.47 Å². The number of nitrogens with one attached hydrogen (secondary N) is 2. The molecule has 0 amide bonds. The summed E-state index contributed by atoms with van der Waals surface area (Å²) in [6.45, 7) is 4.00. The quantitative estimate of drug-likeness (QED) is 0.523. The van der Waals surface area contributed by atoms with E-state index in [0.717, 1.165) is 36.8 Å². The van der Waals surface area contributed by atoms with Crippen LogP contribution < -0.4 is 10.6 Å². The fraction of sp³-hybridized carbons (Fsp3) is 0.368. The molecule has 1 atom stereocenters. The van der Waals surface area contributed by atoms with Crippen LogP contribution in [0.1, 0.15) is 25.3 Å². The van der Waals surface area contributed by atoms with Crippen LogP contribution in [0.15, 0.2) is 55.0 Å². The monoisotopic (exact) mass is 413 g/mol. The second-order valence-electron chi connectivity index (χ2n) is 7.01. The van der Waals surface area contributed by atoms with Gasteiger partial charge in [-0.1, -0.05) is 30.3 Å². The van der Waals surface area contributed by atoms with Gasteiger partial charge in [-0.3, -0.25) is 0 Å². The highest BCUT2D eigenvalue weighted by Gasteiger charge is 2.27. The largest absolute Gasteiger partial charge is 0.462 e. The molecule has 4 rings (SSSR count). The molecule has 3 heterocycles. The number of hydrogen-bond acceptors (Lipinski definition) is 9. The van der Waals surface area contributed by atoms with Crippen LogP contribution in [0.4, 0.5) is 5.13 Å². The average Bonchev–Trinajstić information content (AvgIpc) is 3.50. The molecule has 2 aromatic heterocycles. The maximum atomic E-state index is 5.55. The Hall–Kier alpha value is -2.98. The van der Waals surface area contributed by atoms with Crippen molar-refractivity contribution in [3.63, 3.8) is 0 Å². The van der Waals surface area contributed by atoms with Crippen LogP contribution in [0.3, 0.4) is 0 Å². The molecule has 9 nitrogen and oxygen atoms in total. The fourth-order valence-electron chi connectivity index (χ4n) is 3.04. The first-order valence-electron chi connectivity index (χ1n) is 9.35. The van der Waals surface area contributed by atoms with Crippen molar-refractivity contribution in [2.24, 2.45) is 0 Å². The zero-order valence-corrected chi connectivity index (χ0v) is 16.9. The molecule has 0 saturated heterocycles. The van der Waals surface area contributed by atoms with Crippen molar-refractivity contribution in [1.82, 2.24) is 29.4 Å². The number of anilines is 1. The average molecular weight is 414 g/mol. The molecular formula is C19H23N7O2S. The summed E-state index contributed by atoms with van der Waals surface area (Å²) >= 11 is 1.30. The van der Waals surface area contributed by atoms with E-state index in [9.17, 15) is 0 Å². The van der Waals surface area contributed by atoms with Crippen LogP contribution in [-0.4, -0.2) is 43.0 Å². The van der Waals surface area contributed by atoms with Crippen LogP contribution in [0, 0.1) is 0 Å². The highest BCUT2D eigenvalue weighted by Crippen LogP contribution is 2.25. The molecule has 0 saturated carbocycles. The molecule has 152 valence electrons. The van der Waals surface area contributed by atoms with Crippen molar-refractivity contribution in [3.8, 4) is 5.95 Å². The SMILES string of the molecule is CC(CCNc1nc(-n2cncn2)ns1)(CC1=COCO1)NCc1ccccc1. The van der Waals surface area contributed by atoms with Gasteiger partial charge >= 0.3 is 0 Å². The van der Waals surface area contributed by atoms with Gasteiger partial charge < -0.3 is 20.1 Å². The highest BCUT2D eigenvalue weighted by atomic mass is 32.1. The first-order valence-corrected chi connectivity index (χ1v) is 10.1. The van der Waals surface area contributed by atoms with Crippen LogP contribution in [0.25, 0.3) is 5.95 Å². The van der Waals surface area contributed by atoms with Gasteiger partial charge in [0.25, 0.3) is 5.95 Å². The molecule has 29 heavy (non-hydrogen) atoms. The lowest BCUT2D eigenvalue weighted by molar-refractivity contribution is 0.0731. The topological polar surface area (TPSA) is 99.0 Å². The first-order chi connectivity index (χ1) is 14.2. The minimum atomic E-state index is -0.179. The van der Waals surface area contributed by atoms with E-state index >= 15 is 0 Å². The molecule has 0 spiro atoms. The Bertz CT molecular complexity index is 929. The van der Waals surface area contributed by atoms with Crippen LogP contribution >= 0.6 is 11.5 Å². The minimum Gasteiger partial charge on any atom is -0.462 e. The van der Waals surface area contributed by atoms with E-state index in [0.29, 0.717) is 5.95 Å². The highest BCUT2D eigenvalue weighted by molar-refractivity contribution is 7.09. The van der Waals surface area contributed by atoms with Gasteiger partial charge in [-0.25, -0.2) is 4.98 Å². The number of nitrogens with zero attached hydrogens (tertiary/aromatic N) is 5. The summed E-state index contributed by atoms with van der Waals surface area (Å²) in [5, 5.41) is 11.8. The van der Waals surface area contributed by atoms with Gasteiger partial charge in [-0.2, -0.15) is 14.8 Å². The molecule has 1 aliphatic rings. The Morgan fingerprint density at radius 3 is 2.93 bits per heavy atom. The van der Waals surface area contributed by atoms with Crippen molar-refractivity contribution >= 4 is 16.7 Å². The van der Waals surface area contributed by atoms with E-state index in [-0.39, 0.29) is 12.3 Å². The summed E-state index contributed by atoms with van der Waals surface area (Å²) < 4.78 is 16.6.